The van der Waals surface area contributed by atoms with Crippen molar-refractivity contribution in [3.63, 3.8) is 0 Å². The molecule has 0 bridgehead atoms. The largest absolute Gasteiger partial charge is 0.504 e. The van der Waals surface area contributed by atoms with Crippen LogP contribution in [0.4, 0.5) is 17.6 Å². The summed E-state index contributed by atoms with van der Waals surface area (Å²) in [6.07, 6.45) is 4.40. The predicted molar refractivity (Wildman–Crippen MR) is 207 cm³/mol. The van der Waals surface area contributed by atoms with Gasteiger partial charge < -0.3 is 19.7 Å². The van der Waals surface area contributed by atoms with Gasteiger partial charge in [0.2, 0.25) is 0 Å². The number of rotatable bonds is 12. The molecule has 4 nitrogen and oxygen atoms in total. The number of phenols is 2. The zero-order valence-corrected chi connectivity index (χ0v) is 32.8. The Labute approximate surface area is 318 Å². The Morgan fingerprint density at radius 3 is 1.81 bits per heavy atom. The van der Waals surface area contributed by atoms with Gasteiger partial charge in [-0.15, -0.1) is 0 Å². The molecule has 0 heterocycles. The van der Waals surface area contributed by atoms with E-state index in [0.29, 0.717) is 29.3 Å². The molecule has 1 aliphatic rings. The number of hydrogen-bond acceptors (Lipinski definition) is 4. The zero-order valence-electron chi connectivity index (χ0n) is 32.0. The smallest absolute Gasteiger partial charge is 0.416 e. The molecule has 0 amide bonds. The number of phenolic OH excluding ortho intramolecular Hbond substituents is 2. The number of halogens is 5. The summed E-state index contributed by atoms with van der Waals surface area (Å²) >= 11 is 5.93. The molecule has 9 heteroatoms. The van der Waals surface area contributed by atoms with Crippen LogP contribution in [-0.2, 0) is 44.7 Å². The van der Waals surface area contributed by atoms with Crippen molar-refractivity contribution in [2.75, 3.05) is 14.2 Å². The zero-order chi connectivity index (χ0) is 39.3. The van der Waals surface area contributed by atoms with Gasteiger partial charge in [-0.2, -0.15) is 13.2 Å². The van der Waals surface area contributed by atoms with E-state index >= 15 is 0 Å². The van der Waals surface area contributed by atoms with E-state index < -0.39 is 11.7 Å². The first kappa shape index (κ1) is 43.5. The summed E-state index contributed by atoms with van der Waals surface area (Å²) in [5.41, 5.74) is 5.97. The Bertz CT molecular complexity index is 1750. The van der Waals surface area contributed by atoms with Crippen molar-refractivity contribution in [3.8, 4) is 23.0 Å². The lowest BCUT2D eigenvalue weighted by Crippen LogP contribution is -2.05. The van der Waals surface area contributed by atoms with E-state index in [1.807, 2.05) is 31.2 Å². The molecule has 0 fully saturated rings. The van der Waals surface area contributed by atoms with Gasteiger partial charge >= 0.3 is 6.18 Å². The Morgan fingerprint density at radius 2 is 1.28 bits per heavy atom. The fraction of sp³-hybridized carbons (Fsp3) is 0.455. The maximum absolute atomic E-state index is 13.6. The van der Waals surface area contributed by atoms with Crippen molar-refractivity contribution in [1.82, 2.24) is 0 Å². The fourth-order valence-electron chi connectivity index (χ4n) is 6.38. The van der Waals surface area contributed by atoms with Crippen LogP contribution in [-0.4, -0.2) is 24.4 Å². The highest BCUT2D eigenvalue weighted by molar-refractivity contribution is 6.30. The molecule has 0 aromatic heterocycles. The van der Waals surface area contributed by atoms with Gasteiger partial charge in [0.1, 0.15) is 5.82 Å². The van der Waals surface area contributed by atoms with E-state index in [9.17, 15) is 27.8 Å². The number of aromatic hydroxyl groups is 2. The molecule has 1 unspecified atom stereocenters. The van der Waals surface area contributed by atoms with E-state index in [0.717, 1.165) is 85.6 Å². The maximum atomic E-state index is 13.6. The summed E-state index contributed by atoms with van der Waals surface area (Å²) in [7, 11) is 3.13. The summed E-state index contributed by atoms with van der Waals surface area (Å²) in [6.45, 7) is 10.7. The minimum Gasteiger partial charge on any atom is -0.504 e. The van der Waals surface area contributed by atoms with Gasteiger partial charge in [0.05, 0.1) is 24.8 Å². The molecule has 5 rings (SSSR count). The monoisotopic (exact) mass is 758 g/mol. The molecular formula is C44H55ClF4O4. The van der Waals surface area contributed by atoms with E-state index in [4.69, 9.17) is 21.1 Å². The van der Waals surface area contributed by atoms with Crippen LogP contribution in [0.5, 0.6) is 23.0 Å². The first-order valence-corrected chi connectivity index (χ1v) is 18.8. The Balaban J connectivity index is 0.000000230. The van der Waals surface area contributed by atoms with E-state index in [1.54, 1.807) is 44.6 Å². The van der Waals surface area contributed by atoms with Gasteiger partial charge in [-0.25, -0.2) is 4.39 Å². The molecule has 290 valence electrons. The molecule has 1 aliphatic carbocycles. The lowest BCUT2D eigenvalue weighted by molar-refractivity contribution is -0.137. The van der Waals surface area contributed by atoms with Crippen LogP contribution < -0.4 is 9.47 Å². The summed E-state index contributed by atoms with van der Waals surface area (Å²) in [5, 5.41) is 19.2. The number of hydrogen-bond donors (Lipinski definition) is 2. The van der Waals surface area contributed by atoms with Gasteiger partial charge in [0, 0.05) is 0 Å². The predicted octanol–water partition coefficient (Wildman–Crippen LogP) is 12.4. The molecule has 4 aromatic carbocycles. The van der Waals surface area contributed by atoms with Gasteiger partial charge in [-0.1, -0.05) is 64.4 Å². The Morgan fingerprint density at radius 1 is 0.736 bits per heavy atom. The quantitative estimate of drug-likeness (QED) is 0.141. The average Bonchev–Trinajstić information content (AvgIpc) is 3.50. The Hall–Kier alpha value is -3.91. The van der Waals surface area contributed by atoms with Crippen molar-refractivity contribution >= 4 is 11.6 Å². The molecular weight excluding hydrogens is 704 g/mol. The van der Waals surface area contributed by atoms with Crippen molar-refractivity contribution in [1.29, 1.82) is 0 Å². The number of alkyl halides is 3. The molecule has 4 aromatic rings. The number of fused-ring (bicyclic) bond motifs is 1. The molecule has 0 spiro atoms. The Kier molecular flexibility index (Phi) is 16.8. The molecule has 2 atom stereocenters. The third-order valence-electron chi connectivity index (χ3n) is 9.62. The van der Waals surface area contributed by atoms with Crippen molar-refractivity contribution in [3.05, 3.63) is 117 Å². The van der Waals surface area contributed by atoms with Gasteiger partial charge in [-0.05, 0) is 157 Å². The minimum atomic E-state index is -4.21. The highest BCUT2D eigenvalue weighted by Crippen LogP contribution is 2.34. The SMILES string of the molecule is CC1Cc2ccc(C(F)(F)F)cc2C1.CCc1cc(F)c(Cl)cc1CC[C@H](C)CCc1ccc(O)c(OC)c1.COc1cc(CCC(C)C)ccc1O. The summed E-state index contributed by atoms with van der Waals surface area (Å²) < 4.78 is 60.8. The molecule has 0 aliphatic heterocycles. The normalized spacial score (nSPS) is 14.1. The van der Waals surface area contributed by atoms with Crippen molar-refractivity contribution < 1.29 is 37.2 Å². The van der Waals surface area contributed by atoms with E-state index in [2.05, 4.69) is 27.7 Å². The summed E-state index contributed by atoms with van der Waals surface area (Å²) in [6, 6.07) is 18.4. The lowest BCUT2D eigenvalue weighted by atomic mass is 9.92. The standard InChI is InChI=1S/C21H26ClFO2.C12H18O2.C11H11F3/c1-4-16-13-19(23)18(22)12-17(16)9-6-14(2)5-7-15-8-10-20(24)21(11-15)25-3;1-9(2)4-5-10-6-7-11(13)12(8-10)14-3;1-7-4-8-2-3-10(11(12,13)14)6-9(8)5-7/h8,10-14,24H,4-7,9H2,1-3H3;6-9,13H,4-5H2,1-3H3;2-3,6-7H,4-5H2,1H3/t14-;;/m1../s1. The lowest BCUT2D eigenvalue weighted by Gasteiger charge is -2.14. The molecule has 0 saturated heterocycles. The molecule has 2 N–H and O–H groups in total. The number of aryl methyl sites for hydroxylation is 4. The number of ether oxygens (including phenoxy) is 2. The van der Waals surface area contributed by atoms with Crippen molar-refractivity contribution in [2.24, 2.45) is 17.8 Å². The average molecular weight is 759 g/mol. The molecule has 0 radical (unpaired) electrons. The van der Waals surface area contributed by atoms with Crippen LogP contribution in [0.15, 0.2) is 66.7 Å². The van der Waals surface area contributed by atoms with Crippen LogP contribution in [0, 0.1) is 23.6 Å². The van der Waals surface area contributed by atoms with Crippen LogP contribution in [0.2, 0.25) is 5.02 Å². The number of benzene rings is 4. The summed E-state index contributed by atoms with van der Waals surface area (Å²) in [4.78, 5) is 0. The fourth-order valence-corrected chi connectivity index (χ4v) is 6.56. The van der Waals surface area contributed by atoms with Gasteiger partial charge in [0.15, 0.2) is 23.0 Å². The third-order valence-corrected chi connectivity index (χ3v) is 9.91. The molecule has 0 saturated carbocycles. The van der Waals surface area contributed by atoms with Crippen LogP contribution in [0.3, 0.4) is 0 Å². The highest BCUT2D eigenvalue weighted by Gasteiger charge is 2.32. The second-order valence-corrected chi connectivity index (χ2v) is 14.9. The number of methoxy groups -OCH3 is 2. The van der Waals surface area contributed by atoms with Crippen LogP contribution in [0.1, 0.15) is 92.8 Å². The maximum Gasteiger partial charge on any atom is 0.416 e. The first-order chi connectivity index (χ1) is 25.0. The topological polar surface area (TPSA) is 58.9 Å². The van der Waals surface area contributed by atoms with Crippen LogP contribution in [0.25, 0.3) is 0 Å². The minimum absolute atomic E-state index is 0.166. The first-order valence-electron chi connectivity index (χ1n) is 18.4. The summed E-state index contributed by atoms with van der Waals surface area (Å²) in [5.74, 6) is 2.83. The van der Waals surface area contributed by atoms with Crippen molar-refractivity contribution in [2.45, 2.75) is 98.6 Å². The van der Waals surface area contributed by atoms with E-state index in [-0.39, 0.29) is 22.3 Å². The van der Waals surface area contributed by atoms with Crippen LogP contribution >= 0.6 is 11.6 Å². The van der Waals surface area contributed by atoms with Gasteiger partial charge in [0.25, 0.3) is 0 Å². The second kappa shape index (κ2) is 20.5. The second-order valence-electron chi connectivity index (χ2n) is 14.5. The van der Waals surface area contributed by atoms with Gasteiger partial charge in [-0.3, -0.25) is 0 Å². The highest BCUT2D eigenvalue weighted by atomic mass is 35.5. The van der Waals surface area contributed by atoms with E-state index in [1.165, 1.54) is 17.7 Å². The molecule has 53 heavy (non-hydrogen) atoms. The third kappa shape index (κ3) is 13.8.